The summed E-state index contributed by atoms with van der Waals surface area (Å²) in [6.07, 6.45) is 0. The fourth-order valence-electron chi connectivity index (χ4n) is 0.899. The standard InChI is InChI=1S/C9H9BrF2N2O/c1-4(13)9(15)14-8-6(11)2-5(10)3-7(8)12/h2-4H,13H2,1H3,(H,14,15). The normalized spacial score (nSPS) is 12.3. The van der Waals surface area contributed by atoms with Crippen molar-refractivity contribution in [2.75, 3.05) is 5.32 Å². The minimum absolute atomic E-state index is 0.260. The lowest BCUT2D eigenvalue weighted by Crippen LogP contribution is -2.33. The molecule has 1 aromatic rings. The molecule has 0 saturated carbocycles. The third kappa shape index (κ3) is 2.97. The van der Waals surface area contributed by atoms with Crippen LogP contribution in [0.2, 0.25) is 0 Å². The number of rotatable bonds is 2. The van der Waals surface area contributed by atoms with Gasteiger partial charge < -0.3 is 11.1 Å². The van der Waals surface area contributed by atoms with Gasteiger partial charge in [0.1, 0.15) is 5.69 Å². The average molecular weight is 279 g/mol. The summed E-state index contributed by atoms with van der Waals surface area (Å²) in [4.78, 5) is 11.1. The summed E-state index contributed by atoms with van der Waals surface area (Å²) in [5.74, 6) is -2.35. The highest BCUT2D eigenvalue weighted by Gasteiger charge is 2.15. The van der Waals surface area contributed by atoms with Gasteiger partial charge in [-0.2, -0.15) is 0 Å². The van der Waals surface area contributed by atoms with Crippen LogP contribution in [0.5, 0.6) is 0 Å². The molecule has 3 nitrogen and oxygen atoms in total. The van der Waals surface area contributed by atoms with Gasteiger partial charge in [-0.3, -0.25) is 4.79 Å². The van der Waals surface area contributed by atoms with E-state index < -0.39 is 29.3 Å². The van der Waals surface area contributed by atoms with E-state index in [0.717, 1.165) is 12.1 Å². The molecule has 0 aliphatic heterocycles. The summed E-state index contributed by atoms with van der Waals surface area (Å²) in [5, 5.41) is 2.07. The molecule has 0 saturated heterocycles. The molecule has 1 aromatic carbocycles. The van der Waals surface area contributed by atoms with Crippen molar-refractivity contribution in [3.63, 3.8) is 0 Å². The summed E-state index contributed by atoms with van der Waals surface area (Å²) in [5.41, 5.74) is 4.76. The molecule has 0 spiro atoms. The van der Waals surface area contributed by atoms with E-state index in [1.807, 2.05) is 0 Å². The topological polar surface area (TPSA) is 55.1 Å². The Morgan fingerprint density at radius 2 is 1.93 bits per heavy atom. The van der Waals surface area contributed by atoms with Crippen LogP contribution >= 0.6 is 15.9 Å². The fraction of sp³-hybridized carbons (Fsp3) is 0.222. The van der Waals surface area contributed by atoms with Crippen LogP contribution in [0.25, 0.3) is 0 Å². The Labute approximate surface area is 93.8 Å². The first-order valence-corrected chi connectivity index (χ1v) is 4.92. The molecule has 6 heteroatoms. The van der Waals surface area contributed by atoms with Gasteiger partial charge in [-0.15, -0.1) is 0 Å². The van der Waals surface area contributed by atoms with Crippen molar-refractivity contribution in [1.29, 1.82) is 0 Å². The molecule has 1 rings (SSSR count). The van der Waals surface area contributed by atoms with Gasteiger partial charge >= 0.3 is 0 Å². The maximum absolute atomic E-state index is 13.2. The Bertz CT molecular complexity index is 373. The van der Waals surface area contributed by atoms with Crippen molar-refractivity contribution in [2.45, 2.75) is 13.0 Å². The van der Waals surface area contributed by atoms with Gasteiger partial charge in [0.2, 0.25) is 5.91 Å². The minimum atomic E-state index is -0.851. The van der Waals surface area contributed by atoms with Crippen molar-refractivity contribution in [1.82, 2.24) is 0 Å². The van der Waals surface area contributed by atoms with Crippen molar-refractivity contribution in [3.8, 4) is 0 Å². The molecule has 82 valence electrons. The zero-order valence-electron chi connectivity index (χ0n) is 7.85. The minimum Gasteiger partial charge on any atom is -0.320 e. The molecule has 0 aliphatic rings. The number of hydrogen-bond donors (Lipinski definition) is 2. The van der Waals surface area contributed by atoms with Crippen LogP contribution in [0.3, 0.4) is 0 Å². The van der Waals surface area contributed by atoms with E-state index in [9.17, 15) is 13.6 Å². The lowest BCUT2D eigenvalue weighted by Gasteiger charge is -2.09. The summed E-state index contributed by atoms with van der Waals surface area (Å²) < 4.78 is 26.7. The Hall–Kier alpha value is -1.01. The van der Waals surface area contributed by atoms with Crippen LogP contribution in [-0.2, 0) is 4.79 Å². The zero-order chi connectivity index (χ0) is 11.6. The summed E-state index contributed by atoms with van der Waals surface area (Å²) in [7, 11) is 0. The highest BCUT2D eigenvalue weighted by atomic mass is 79.9. The van der Waals surface area contributed by atoms with Crippen LogP contribution in [-0.4, -0.2) is 11.9 Å². The van der Waals surface area contributed by atoms with Gasteiger partial charge in [0.15, 0.2) is 11.6 Å². The van der Waals surface area contributed by atoms with Gasteiger partial charge in [-0.1, -0.05) is 15.9 Å². The maximum Gasteiger partial charge on any atom is 0.241 e. The van der Waals surface area contributed by atoms with Crippen LogP contribution < -0.4 is 11.1 Å². The second-order valence-electron chi connectivity index (χ2n) is 3.02. The van der Waals surface area contributed by atoms with E-state index in [-0.39, 0.29) is 4.47 Å². The molecule has 1 atom stereocenters. The highest BCUT2D eigenvalue weighted by Crippen LogP contribution is 2.23. The largest absolute Gasteiger partial charge is 0.320 e. The molecule has 0 aromatic heterocycles. The Balaban J connectivity index is 3.00. The maximum atomic E-state index is 13.2. The van der Waals surface area contributed by atoms with Crippen LogP contribution in [0.1, 0.15) is 6.92 Å². The molecule has 3 N–H and O–H groups in total. The number of nitrogens with two attached hydrogens (primary N) is 1. The summed E-state index contributed by atoms with van der Waals surface area (Å²) in [6, 6.07) is 1.28. The van der Waals surface area contributed by atoms with Gasteiger partial charge in [0, 0.05) is 4.47 Å². The average Bonchev–Trinajstić information content (AvgIpc) is 2.10. The second-order valence-corrected chi connectivity index (χ2v) is 3.94. The van der Waals surface area contributed by atoms with Crippen LogP contribution in [0, 0.1) is 11.6 Å². The van der Waals surface area contributed by atoms with E-state index in [1.165, 1.54) is 6.92 Å². The van der Waals surface area contributed by atoms with Gasteiger partial charge in [-0.25, -0.2) is 8.78 Å². The third-order valence-corrected chi connectivity index (χ3v) is 2.13. The number of carbonyl (C=O) groups is 1. The molecular formula is C9H9BrF2N2O. The van der Waals surface area contributed by atoms with E-state index in [1.54, 1.807) is 0 Å². The fourth-order valence-corrected chi connectivity index (χ4v) is 1.30. The first kappa shape index (κ1) is 12.1. The van der Waals surface area contributed by atoms with Crippen LogP contribution in [0.4, 0.5) is 14.5 Å². The summed E-state index contributed by atoms with van der Waals surface area (Å²) >= 11 is 2.92. The molecule has 1 amide bonds. The lowest BCUT2D eigenvalue weighted by atomic mass is 10.2. The monoisotopic (exact) mass is 278 g/mol. The number of amides is 1. The van der Waals surface area contributed by atoms with Gasteiger partial charge in [0.25, 0.3) is 0 Å². The number of anilines is 1. The van der Waals surface area contributed by atoms with Crippen molar-refractivity contribution >= 4 is 27.5 Å². The predicted molar refractivity (Wildman–Crippen MR) is 56.3 cm³/mol. The molecule has 0 radical (unpaired) electrons. The molecule has 15 heavy (non-hydrogen) atoms. The SMILES string of the molecule is CC(N)C(=O)Nc1c(F)cc(Br)cc1F. The van der Waals surface area contributed by atoms with E-state index in [2.05, 4.69) is 21.2 Å². The molecule has 1 unspecified atom stereocenters. The Morgan fingerprint density at radius 3 is 2.33 bits per heavy atom. The second kappa shape index (κ2) is 4.67. The molecular weight excluding hydrogens is 270 g/mol. The van der Waals surface area contributed by atoms with Crippen molar-refractivity contribution < 1.29 is 13.6 Å². The third-order valence-electron chi connectivity index (χ3n) is 1.67. The van der Waals surface area contributed by atoms with Crippen molar-refractivity contribution in [2.24, 2.45) is 5.73 Å². The number of hydrogen-bond acceptors (Lipinski definition) is 2. The first-order chi connectivity index (χ1) is 6.91. The molecule has 0 aliphatic carbocycles. The van der Waals surface area contributed by atoms with Crippen molar-refractivity contribution in [3.05, 3.63) is 28.2 Å². The van der Waals surface area contributed by atoms with E-state index in [4.69, 9.17) is 5.73 Å². The highest BCUT2D eigenvalue weighted by molar-refractivity contribution is 9.10. The number of halogens is 3. The Morgan fingerprint density at radius 1 is 1.47 bits per heavy atom. The quantitative estimate of drug-likeness (QED) is 0.870. The van der Waals surface area contributed by atoms with E-state index >= 15 is 0 Å². The Kier molecular flexibility index (Phi) is 3.76. The van der Waals surface area contributed by atoms with Crippen LogP contribution in [0.15, 0.2) is 16.6 Å². The zero-order valence-corrected chi connectivity index (χ0v) is 9.44. The number of nitrogens with one attached hydrogen (secondary N) is 1. The molecule has 0 fully saturated rings. The van der Waals surface area contributed by atoms with Gasteiger partial charge in [0.05, 0.1) is 6.04 Å². The number of benzene rings is 1. The lowest BCUT2D eigenvalue weighted by molar-refractivity contribution is -0.117. The smallest absolute Gasteiger partial charge is 0.241 e. The first-order valence-electron chi connectivity index (χ1n) is 4.13. The summed E-state index contributed by atoms with van der Waals surface area (Å²) in [6.45, 7) is 1.42. The predicted octanol–water partition coefficient (Wildman–Crippen LogP) is 2.01. The molecule has 0 bridgehead atoms. The molecule has 0 heterocycles. The van der Waals surface area contributed by atoms with E-state index in [0.29, 0.717) is 0 Å². The number of carbonyl (C=O) groups excluding carboxylic acids is 1. The van der Waals surface area contributed by atoms with Gasteiger partial charge in [-0.05, 0) is 19.1 Å².